The molecule has 19 heavy (non-hydrogen) atoms. The van der Waals surface area contributed by atoms with Crippen LogP contribution >= 0.6 is 0 Å². The van der Waals surface area contributed by atoms with Gasteiger partial charge in [-0.25, -0.2) is 4.98 Å². The minimum atomic E-state index is -0.404. The van der Waals surface area contributed by atoms with E-state index in [4.69, 9.17) is 5.73 Å². The van der Waals surface area contributed by atoms with Crippen LogP contribution in [0.15, 0.2) is 18.3 Å². The van der Waals surface area contributed by atoms with E-state index in [2.05, 4.69) is 15.2 Å². The molecular weight excluding hydrogens is 240 g/mol. The molecule has 3 N–H and O–H groups in total. The lowest BCUT2D eigenvalue weighted by Gasteiger charge is -2.19. The van der Waals surface area contributed by atoms with Gasteiger partial charge in [0.15, 0.2) is 0 Å². The molecule has 0 saturated carbocycles. The molecule has 0 bridgehead atoms. The minimum Gasteiger partial charge on any atom is -0.357 e. The van der Waals surface area contributed by atoms with Crippen LogP contribution in [0, 0.1) is 0 Å². The normalized spacial score (nSPS) is 15.6. The summed E-state index contributed by atoms with van der Waals surface area (Å²) in [4.78, 5) is 18.5. The van der Waals surface area contributed by atoms with Gasteiger partial charge in [0.2, 0.25) is 0 Å². The van der Waals surface area contributed by atoms with Crippen molar-refractivity contribution in [1.82, 2.24) is 10.3 Å². The number of aromatic nitrogens is 1. The summed E-state index contributed by atoms with van der Waals surface area (Å²) in [5.41, 5.74) is 6.00. The van der Waals surface area contributed by atoms with Gasteiger partial charge in [-0.15, -0.1) is 0 Å². The monoisotopic (exact) mass is 262 g/mol. The molecule has 0 atom stereocenters. The van der Waals surface area contributed by atoms with Crippen LogP contribution in [-0.2, 0) is 0 Å². The average molecular weight is 262 g/mol. The molecule has 1 aromatic rings. The molecule has 1 aromatic heterocycles. The van der Waals surface area contributed by atoms with Gasteiger partial charge in [-0.1, -0.05) is 0 Å². The van der Waals surface area contributed by atoms with Crippen molar-refractivity contribution >= 4 is 11.7 Å². The quantitative estimate of drug-likeness (QED) is 0.854. The van der Waals surface area contributed by atoms with Crippen molar-refractivity contribution < 1.29 is 4.79 Å². The van der Waals surface area contributed by atoms with Crippen molar-refractivity contribution in [3.05, 3.63) is 23.9 Å². The fourth-order valence-corrected chi connectivity index (χ4v) is 2.06. The summed E-state index contributed by atoms with van der Waals surface area (Å²) >= 11 is 0. The molecule has 0 unspecified atom stereocenters. The molecule has 1 fully saturated rings. The molecule has 1 saturated heterocycles. The largest absolute Gasteiger partial charge is 0.357 e. The van der Waals surface area contributed by atoms with Crippen LogP contribution < -0.4 is 16.0 Å². The van der Waals surface area contributed by atoms with Crippen LogP contribution in [0.3, 0.4) is 0 Å². The summed E-state index contributed by atoms with van der Waals surface area (Å²) in [6.07, 6.45) is 4.07. The highest BCUT2D eigenvalue weighted by molar-refractivity contribution is 5.94. The Bertz CT molecular complexity index is 430. The van der Waals surface area contributed by atoms with Crippen LogP contribution in [0.2, 0.25) is 0 Å². The Balaban J connectivity index is 1.95. The van der Waals surface area contributed by atoms with Gasteiger partial charge >= 0.3 is 0 Å². The molecule has 0 radical (unpaired) electrons. The molecule has 0 aliphatic carbocycles. The van der Waals surface area contributed by atoms with E-state index in [0.717, 1.165) is 18.9 Å². The second-order valence-electron chi connectivity index (χ2n) is 5.77. The molecule has 2 heterocycles. The van der Waals surface area contributed by atoms with Gasteiger partial charge in [0.1, 0.15) is 5.82 Å². The van der Waals surface area contributed by atoms with Gasteiger partial charge in [-0.2, -0.15) is 0 Å². The van der Waals surface area contributed by atoms with Crippen LogP contribution in [-0.4, -0.2) is 36.1 Å². The van der Waals surface area contributed by atoms with Crippen molar-refractivity contribution in [3.8, 4) is 0 Å². The Labute approximate surface area is 114 Å². The Kier molecular flexibility index (Phi) is 4.04. The summed E-state index contributed by atoms with van der Waals surface area (Å²) in [7, 11) is 0. The summed E-state index contributed by atoms with van der Waals surface area (Å²) in [5, 5.41) is 2.81. The first-order valence-corrected chi connectivity index (χ1v) is 6.74. The minimum absolute atomic E-state index is 0.126. The highest BCUT2D eigenvalue weighted by atomic mass is 16.1. The SMILES string of the molecule is CC(C)(N)CNC(=O)c1ccc(N2CCCC2)nc1. The maximum atomic E-state index is 11.9. The van der Waals surface area contributed by atoms with E-state index in [9.17, 15) is 4.79 Å². The maximum absolute atomic E-state index is 11.9. The van der Waals surface area contributed by atoms with E-state index >= 15 is 0 Å². The number of hydrogen-bond acceptors (Lipinski definition) is 4. The lowest BCUT2D eigenvalue weighted by Crippen LogP contribution is -2.45. The van der Waals surface area contributed by atoms with Crippen LogP contribution in [0.5, 0.6) is 0 Å². The summed E-state index contributed by atoms with van der Waals surface area (Å²) in [5.74, 6) is 0.826. The van der Waals surface area contributed by atoms with Gasteiger partial charge in [-0.05, 0) is 38.8 Å². The van der Waals surface area contributed by atoms with Crippen LogP contribution in [0.4, 0.5) is 5.82 Å². The highest BCUT2D eigenvalue weighted by Gasteiger charge is 2.16. The number of rotatable bonds is 4. The summed E-state index contributed by atoms with van der Waals surface area (Å²) in [6.45, 7) is 6.31. The number of carbonyl (C=O) groups is 1. The molecule has 5 heteroatoms. The Morgan fingerprint density at radius 1 is 1.42 bits per heavy atom. The van der Waals surface area contributed by atoms with E-state index in [1.54, 1.807) is 6.20 Å². The van der Waals surface area contributed by atoms with E-state index < -0.39 is 5.54 Å². The smallest absolute Gasteiger partial charge is 0.252 e. The van der Waals surface area contributed by atoms with Crippen LogP contribution in [0.1, 0.15) is 37.0 Å². The zero-order valence-electron chi connectivity index (χ0n) is 11.6. The molecule has 1 aliphatic rings. The number of nitrogens with two attached hydrogens (primary N) is 1. The number of carbonyl (C=O) groups excluding carboxylic acids is 1. The van der Waals surface area contributed by atoms with Crippen molar-refractivity contribution in [3.63, 3.8) is 0 Å². The van der Waals surface area contributed by atoms with Crippen molar-refractivity contribution in [2.24, 2.45) is 5.73 Å². The zero-order chi connectivity index (χ0) is 13.9. The summed E-state index contributed by atoms with van der Waals surface area (Å²) < 4.78 is 0. The zero-order valence-corrected chi connectivity index (χ0v) is 11.6. The number of anilines is 1. The Morgan fingerprint density at radius 3 is 2.63 bits per heavy atom. The maximum Gasteiger partial charge on any atom is 0.252 e. The predicted molar refractivity (Wildman–Crippen MR) is 76.3 cm³/mol. The number of nitrogens with zero attached hydrogens (tertiary/aromatic N) is 2. The molecule has 0 spiro atoms. The fourth-order valence-electron chi connectivity index (χ4n) is 2.06. The molecule has 1 aliphatic heterocycles. The number of hydrogen-bond donors (Lipinski definition) is 2. The van der Waals surface area contributed by atoms with E-state index in [0.29, 0.717) is 12.1 Å². The van der Waals surface area contributed by atoms with Gasteiger partial charge in [-0.3, -0.25) is 4.79 Å². The first-order chi connectivity index (χ1) is 8.96. The molecule has 0 aromatic carbocycles. The average Bonchev–Trinajstić information content (AvgIpc) is 2.89. The predicted octanol–water partition coefficient (Wildman–Crippen LogP) is 1.15. The lowest BCUT2D eigenvalue weighted by atomic mass is 10.1. The summed E-state index contributed by atoms with van der Waals surface area (Å²) in [6, 6.07) is 3.73. The van der Waals surface area contributed by atoms with E-state index in [1.165, 1.54) is 12.8 Å². The van der Waals surface area contributed by atoms with Crippen LogP contribution in [0.25, 0.3) is 0 Å². The van der Waals surface area contributed by atoms with E-state index in [1.807, 2.05) is 26.0 Å². The van der Waals surface area contributed by atoms with Crippen molar-refractivity contribution in [2.45, 2.75) is 32.2 Å². The fraction of sp³-hybridized carbons (Fsp3) is 0.571. The second-order valence-corrected chi connectivity index (χ2v) is 5.77. The molecule has 2 rings (SSSR count). The topological polar surface area (TPSA) is 71.2 Å². The number of pyridine rings is 1. The Morgan fingerprint density at radius 2 is 2.11 bits per heavy atom. The van der Waals surface area contributed by atoms with Gasteiger partial charge in [0, 0.05) is 31.4 Å². The Hall–Kier alpha value is -1.62. The second kappa shape index (κ2) is 5.57. The third-order valence-corrected chi connectivity index (χ3v) is 3.14. The third-order valence-electron chi connectivity index (χ3n) is 3.14. The van der Waals surface area contributed by atoms with Gasteiger partial charge < -0.3 is 16.0 Å². The third kappa shape index (κ3) is 3.92. The first-order valence-electron chi connectivity index (χ1n) is 6.74. The molecule has 5 nitrogen and oxygen atoms in total. The highest BCUT2D eigenvalue weighted by Crippen LogP contribution is 2.17. The van der Waals surface area contributed by atoms with E-state index in [-0.39, 0.29) is 5.91 Å². The van der Waals surface area contributed by atoms with Crippen molar-refractivity contribution in [2.75, 3.05) is 24.5 Å². The van der Waals surface area contributed by atoms with Crippen molar-refractivity contribution in [1.29, 1.82) is 0 Å². The first kappa shape index (κ1) is 13.8. The number of amides is 1. The van der Waals surface area contributed by atoms with Gasteiger partial charge in [0.05, 0.1) is 5.56 Å². The standard InChI is InChI=1S/C14H22N4O/c1-14(2,15)10-17-13(19)11-5-6-12(16-9-11)18-7-3-4-8-18/h5-6,9H,3-4,7-8,10,15H2,1-2H3,(H,17,19). The molecular formula is C14H22N4O. The lowest BCUT2D eigenvalue weighted by molar-refractivity contribution is 0.0945. The number of nitrogens with one attached hydrogen (secondary N) is 1. The molecule has 1 amide bonds. The van der Waals surface area contributed by atoms with Gasteiger partial charge in [0.25, 0.3) is 5.91 Å². The molecule has 104 valence electrons.